The Morgan fingerprint density at radius 3 is 3.00 bits per heavy atom. The number of nitriles is 1. The molecule has 1 aromatic carbocycles. The third-order valence-corrected chi connectivity index (χ3v) is 2.47. The Balaban J connectivity index is 2.56. The second-order valence-corrected chi connectivity index (χ2v) is 3.35. The van der Waals surface area contributed by atoms with E-state index in [1.165, 1.54) is 0 Å². The Morgan fingerprint density at radius 2 is 2.29 bits per heavy atom. The summed E-state index contributed by atoms with van der Waals surface area (Å²) in [6.45, 7) is 3.68. The molecule has 1 aliphatic heterocycles. The van der Waals surface area contributed by atoms with Gasteiger partial charge in [0.25, 0.3) is 0 Å². The van der Waals surface area contributed by atoms with Crippen molar-refractivity contribution in [1.29, 1.82) is 5.26 Å². The van der Waals surface area contributed by atoms with Gasteiger partial charge in [0.2, 0.25) is 0 Å². The van der Waals surface area contributed by atoms with Crippen molar-refractivity contribution < 1.29 is 0 Å². The molecule has 2 nitrogen and oxygen atoms in total. The van der Waals surface area contributed by atoms with Crippen LogP contribution in [-0.4, -0.2) is 6.21 Å². The van der Waals surface area contributed by atoms with Gasteiger partial charge in [0.1, 0.15) is 5.41 Å². The van der Waals surface area contributed by atoms with Crippen molar-refractivity contribution in [2.24, 2.45) is 4.99 Å². The van der Waals surface area contributed by atoms with Gasteiger partial charge in [-0.3, -0.25) is 4.99 Å². The van der Waals surface area contributed by atoms with Crippen molar-refractivity contribution in [1.82, 2.24) is 0 Å². The Bertz CT molecular complexity index is 440. The summed E-state index contributed by atoms with van der Waals surface area (Å²) in [6, 6.07) is 10.1. The van der Waals surface area contributed by atoms with Crippen LogP contribution in [-0.2, 0) is 5.41 Å². The average Bonchev–Trinajstić information content (AvgIpc) is 2.59. The number of fused-ring (bicyclic) bond motifs is 1. The van der Waals surface area contributed by atoms with E-state index in [4.69, 9.17) is 0 Å². The lowest BCUT2D eigenvalue weighted by atomic mass is 9.81. The molecule has 1 unspecified atom stereocenters. The summed E-state index contributed by atoms with van der Waals surface area (Å²) in [4.78, 5) is 4.25. The molecule has 0 spiro atoms. The summed E-state index contributed by atoms with van der Waals surface area (Å²) in [5, 5.41) is 9.21. The van der Waals surface area contributed by atoms with E-state index in [1.807, 2.05) is 24.3 Å². The van der Waals surface area contributed by atoms with Gasteiger partial charge in [-0.1, -0.05) is 24.3 Å². The molecule has 0 saturated heterocycles. The zero-order valence-electron chi connectivity index (χ0n) is 7.77. The topological polar surface area (TPSA) is 36.1 Å². The maximum atomic E-state index is 9.21. The molecule has 0 radical (unpaired) electrons. The third-order valence-electron chi connectivity index (χ3n) is 2.47. The maximum Gasteiger partial charge on any atom is 0.123 e. The van der Waals surface area contributed by atoms with E-state index in [2.05, 4.69) is 17.6 Å². The van der Waals surface area contributed by atoms with Crippen molar-refractivity contribution in [2.75, 3.05) is 0 Å². The van der Waals surface area contributed by atoms with Gasteiger partial charge >= 0.3 is 0 Å². The maximum absolute atomic E-state index is 9.21. The van der Waals surface area contributed by atoms with E-state index in [-0.39, 0.29) is 0 Å². The Morgan fingerprint density at radius 1 is 1.50 bits per heavy atom. The van der Waals surface area contributed by atoms with Gasteiger partial charge in [-0.25, -0.2) is 0 Å². The van der Waals surface area contributed by atoms with Gasteiger partial charge < -0.3 is 0 Å². The average molecular weight is 182 g/mol. The summed E-state index contributed by atoms with van der Waals surface area (Å²) in [6.07, 6.45) is 4.10. The molecule has 68 valence electrons. The Hall–Kier alpha value is -1.88. The SMILES string of the molecule is C=CCC1(C#N)C=Nc2ccccc21. The fourth-order valence-electron chi connectivity index (χ4n) is 1.74. The van der Waals surface area contributed by atoms with Crippen LogP contribution in [0.25, 0.3) is 0 Å². The first-order valence-electron chi connectivity index (χ1n) is 4.49. The van der Waals surface area contributed by atoms with Crippen molar-refractivity contribution >= 4 is 11.9 Å². The van der Waals surface area contributed by atoms with Crippen LogP contribution in [0.15, 0.2) is 41.9 Å². The molecule has 1 aromatic rings. The van der Waals surface area contributed by atoms with Crippen LogP contribution in [0, 0.1) is 11.3 Å². The monoisotopic (exact) mass is 182 g/mol. The fourth-order valence-corrected chi connectivity index (χ4v) is 1.74. The number of nitrogens with zero attached hydrogens (tertiary/aromatic N) is 2. The molecule has 1 aliphatic rings. The third kappa shape index (κ3) is 1.06. The molecule has 14 heavy (non-hydrogen) atoms. The molecule has 0 N–H and O–H groups in total. The van der Waals surface area contributed by atoms with Crippen LogP contribution in [0.1, 0.15) is 12.0 Å². The molecular weight excluding hydrogens is 172 g/mol. The van der Waals surface area contributed by atoms with Crippen molar-refractivity contribution in [3.05, 3.63) is 42.5 Å². The Labute approximate surface area is 83.2 Å². The van der Waals surface area contributed by atoms with Crippen LogP contribution in [0.5, 0.6) is 0 Å². The summed E-state index contributed by atoms with van der Waals surface area (Å²) in [7, 11) is 0. The zero-order valence-corrected chi connectivity index (χ0v) is 7.77. The number of benzene rings is 1. The summed E-state index contributed by atoms with van der Waals surface area (Å²) >= 11 is 0. The van der Waals surface area contributed by atoms with Crippen molar-refractivity contribution in [3.63, 3.8) is 0 Å². The fraction of sp³-hybridized carbons (Fsp3) is 0.167. The highest BCUT2D eigenvalue weighted by Crippen LogP contribution is 2.38. The molecule has 0 amide bonds. The minimum Gasteiger partial charge on any atom is -0.259 e. The molecular formula is C12H10N2. The summed E-state index contributed by atoms with van der Waals surface area (Å²) in [5.74, 6) is 0. The second kappa shape index (κ2) is 3.12. The summed E-state index contributed by atoms with van der Waals surface area (Å²) < 4.78 is 0. The van der Waals surface area contributed by atoms with Crippen molar-refractivity contribution in [3.8, 4) is 6.07 Å². The van der Waals surface area contributed by atoms with E-state index < -0.39 is 5.41 Å². The van der Waals surface area contributed by atoms with Crippen LogP contribution >= 0.6 is 0 Å². The first-order valence-corrected chi connectivity index (χ1v) is 4.49. The number of allylic oxidation sites excluding steroid dienone is 1. The van der Waals surface area contributed by atoms with E-state index in [0.29, 0.717) is 6.42 Å². The van der Waals surface area contributed by atoms with Crippen LogP contribution in [0.4, 0.5) is 5.69 Å². The second-order valence-electron chi connectivity index (χ2n) is 3.35. The van der Waals surface area contributed by atoms with Crippen LogP contribution in [0.2, 0.25) is 0 Å². The first-order chi connectivity index (χ1) is 6.82. The predicted octanol–water partition coefficient (Wildman–Crippen LogP) is 2.74. The molecule has 2 rings (SSSR count). The van der Waals surface area contributed by atoms with E-state index >= 15 is 0 Å². The molecule has 1 heterocycles. The summed E-state index contributed by atoms with van der Waals surface area (Å²) in [5.41, 5.74) is 1.30. The highest BCUT2D eigenvalue weighted by molar-refractivity contribution is 5.88. The quantitative estimate of drug-likeness (QED) is 0.648. The lowest BCUT2D eigenvalue weighted by molar-refractivity contribution is 0.777. The number of aliphatic imine (C=N–C) groups is 1. The molecule has 0 fully saturated rings. The van der Waals surface area contributed by atoms with Gasteiger partial charge in [-0.05, 0) is 12.5 Å². The van der Waals surface area contributed by atoms with Crippen LogP contribution < -0.4 is 0 Å². The largest absolute Gasteiger partial charge is 0.259 e. The minimum absolute atomic E-state index is 0.585. The molecule has 0 bridgehead atoms. The standard InChI is InChI=1S/C12H10N2/c1-2-7-12(8-13)9-14-11-6-4-3-5-10(11)12/h2-6,9H,1,7H2. The molecule has 2 heteroatoms. The molecule has 1 atom stereocenters. The molecule has 0 aliphatic carbocycles. The van der Waals surface area contributed by atoms with Crippen molar-refractivity contribution in [2.45, 2.75) is 11.8 Å². The van der Waals surface area contributed by atoms with Gasteiger partial charge in [-0.2, -0.15) is 5.26 Å². The highest BCUT2D eigenvalue weighted by atomic mass is 14.8. The first kappa shape index (κ1) is 8.71. The lowest BCUT2D eigenvalue weighted by Gasteiger charge is -2.16. The molecule has 0 saturated carbocycles. The van der Waals surface area contributed by atoms with E-state index in [0.717, 1.165) is 11.3 Å². The van der Waals surface area contributed by atoms with E-state index in [9.17, 15) is 5.26 Å². The van der Waals surface area contributed by atoms with Gasteiger partial charge in [-0.15, -0.1) is 6.58 Å². The van der Waals surface area contributed by atoms with Gasteiger partial charge in [0.15, 0.2) is 0 Å². The zero-order chi connectivity index (χ0) is 10.0. The minimum atomic E-state index is -0.585. The lowest BCUT2D eigenvalue weighted by Crippen LogP contribution is -2.21. The number of hydrogen-bond donors (Lipinski definition) is 0. The Kier molecular flexibility index (Phi) is 1.94. The molecule has 0 aromatic heterocycles. The van der Waals surface area contributed by atoms with E-state index in [1.54, 1.807) is 12.3 Å². The highest BCUT2D eigenvalue weighted by Gasteiger charge is 2.34. The normalized spacial score (nSPS) is 22.8. The van der Waals surface area contributed by atoms with Gasteiger partial charge in [0, 0.05) is 11.8 Å². The number of hydrogen-bond acceptors (Lipinski definition) is 2. The van der Waals surface area contributed by atoms with Gasteiger partial charge in [0.05, 0.1) is 11.8 Å². The number of rotatable bonds is 2. The smallest absolute Gasteiger partial charge is 0.123 e. The van der Waals surface area contributed by atoms with Crippen LogP contribution in [0.3, 0.4) is 0 Å². The number of para-hydroxylation sites is 1. The predicted molar refractivity (Wildman–Crippen MR) is 56.7 cm³/mol.